The van der Waals surface area contributed by atoms with Gasteiger partial charge in [-0.3, -0.25) is 4.90 Å². The fourth-order valence-corrected chi connectivity index (χ4v) is 8.49. The van der Waals surface area contributed by atoms with Crippen LogP contribution in [0.1, 0.15) is 87.0 Å². The van der Waals surface area contributed by atoms with Crippen molar-refractivity contribution in [3.05, 3.63) is 46.0 Å². The lowest BCUT2D eigenvalue weighted by Crippen LogP contribution is -2.52. The van der Waals surface area contributed by atoms with Gasteiger partial charge in [0, 0.05) is 26.8 Å². The number of hydrogen-bond donors (Lipinski definition) is 0. The molecule has 2 fully saturated rings. The van der Waals surface area contributed by atoms with Gasteiger partial charge in [0.05, 0.1) is 12.2 Å². The highest BCUT2D eigenvalue weighted by atomic mass is 16.5. The molecule has 33 heavy (non-hydrogen) atoms. The number of rotatable bonds is 4. The van der Waals surface area contributed by atoms with Crippen LogP contribution in [-0.2, 0) is 15.9 Å². The molecule has 0 bridgehead atoms. The van der Waals surface area contributed by atoms with E-state index >= 15 is 0 Å². The number of ether oxygens (including phenoxy) is 2. The number of piperidine rings is 1. The maximum absolute atomic E-state index is 6.03. The fraction of sp³-hybridized carbons (Fsp3) is 0.733. The first-order chi connectivity index (χ1) is 15.8. The normalized spacial score (nSPS) is 39.4. The van der Waals surface area contributed by atoms with Gasteiger partial charge in [-0.15, -0.1) is 0 Å². The highest BCUT2D eigenvalue weighted by Gasteiger charge is 2.50. The molecule has 1 heterocycles. The average molecular weight is 452 g/mol. The Morgan fingerprint density at radius 2 is 1.94 bits per heavy atom. The summed E-state index contributed by atoms with van der Waals surface area (Å²) in [6, 6.07) is 5.43. The minimum absolute atomic E-state index is 0.311. The summed E-state index contributed by atoms with van der Waals surface area (Å²) in [5, 5.41) is 0. The smallest absolute Gasteiger partial charge is 0.0735 e. The van der Waals surface area contributed by atoms with Crippen LogP contribution in [0, 0.1) is 24.2 Å². The summed E-state index contributed by atoms with van der Waals surface area (Å²) in [6.07, 6.45) is 10.6. The summed E-state index contributed by atoms with van der Waals surface area (Å²) in [4.78, 5) is 2.56. The lowest BCUT2D eigenvalue weighted by atomic mass is 9.57. The molecule has 0 amide bonds. The summed E-state index contributed by atoms with van der Waals surface area (Å²) in [7, 11) is 6.08. The summed E-state index contributed by atoms with van der Waals surface area (Å²) in [5.41, 5.74) is 8.44. The van der Waals surface area contributed by atoms with Crippen LogP contribution < -0.4 is 0 Å². The first-order valence-electron chi connectivity index (χ1n) is 13.4. The predicted molar refractivity (Wildman–Crippen MR) is 136 cm³/mol. The third-order valence-corrected chi connectivity index (χ3v) is 10.4. The van der Waals surface area contributed by atoms with Gasteiger partial charge in [-0.2, -0.15) is 0 Å². The monoisotopic (exact) mass is 451 g/mol. The maximum Gasteiger partial charge on any atom is 0.0735 e. The van der Waals surface area contributed by atoms with Gasteiger partial charge in [-0.1, -0.05) is 44.6 Å². The third kappa shape index (κ3) is 3.74. The number of fused-ring (bicyclic) bond motifs is 5. The van der Waals surface area contributed by atoms with Crippen LogP contribution in [0.2, 0.25) is 0 Å². The van der Waals surface area contributed by atoms with Crippen LogP contribution in [-0.4, -0.2) is 51.0 Å². The second-order valence-corrected chi connectivity index (χ2v) is 12.1. The van der Waals surface area contributed by atoms with Crippen molar-refractivity contribution in [3.8, 4) is 0 Å². The number of hydrogen-bond acceptors (Lipinski definition) is 3. The molecule has 0 aromatic heterocycles. The highest BCUT2D eigenvalue weighted by Crippen LogP contribution is 2.60. The van der Waals surface area contributed by atoms with E-state index in [1.807, 2.05) is 14.2 Å². The Morgan fingerprint density at radius 3 is 2.67 bits per heavy atom. The quantitative estimate of drug-likeness (QED) is 0.505. The molecule has 3 nitrogen and oxygen atoms in total. The third-order valence-electron chi connectivity index (χ3n) is 10.4. The van der Waals surface area contributed by atoms with Gasteiger partial charge in [0.2, 0.25) is 0 Å². The van der Waals surface area contributed by atoms with Gasteiger partial charge in [-0.05, 0) is 104 Å². The largest absolute Gasteiger partial charge is 0.381 e. The lowest BCUT2D eigenvalue weighted by Gasteiger charge is -2.48. The van der Waals surface area contributed by atoms with Crippen molar-refractivity contribution in [1.82, 2.24) is 4.90 Å². The number of likely N-dealkylation sites (N-methyl/N-ethyl adjacent to an activating group) is 1. The number of benzene rings is 1. The van der Waals surface area contributed by atoms with E-state index in [0.29, 0.717) is 41.4 Å². The number of nitrogens with zero attached hydrogens (tertiary/aromatic N) is 1. The first kappa shape index (κ1) is 23.6. The summed E-state index contributed by atoms with van der Waals surface area (Å²) >= 11 is 0. The van der Waals surface area contributed by atoms with E-state index in [9.17, 15) is 0 Å². The SMILES string of the molecule is CO[C@H]1CC[C@@]2(C)C(=CC[C@H]3c4ccc([C@H](C)[C@H]5[C@H](OC)C[C@H](C)CN5C)c(C)c4C[C@@H]32)C1. The van der Waals surface area contributed by atoms with Gasteiger partial charge >= 0.3 is 0 Å². The molecule has 1 saturated carbocycles. The summed E-state index contributed by atoms with van der Waals surface area (Å²) < 4.78 is 11.8. The van der Waals surface area contributed by atoms with E-state index in [1.54, 1.807) is 27.8 Å². The van der Waals surface area contributed by atoms with Gasteiger partial charge in [-0.25, -0.2) is 0 Å². The molecule has 3 heteroatoms. The molecule has 5 rings (SSSR count). The van der Waals surface area contributed by atoms with E-state index < -0.39 is 0 Å². The van der Waals surface area contributed by atoms with E-state index in [0.717, 1.165) is 18.9 Å². The topological polar surface area (TPSA) is 21.7 Å². The Morgan fingerprint density at radius 1 is 1.15 bits per heavy atom. The first-order valence-corrected chi connectivity index (χ1v) is 13.4. The second-order valence-electron chi connectivity index (χ2n) is 12.1. The van der Waals surface area contributed by atoms with E-state index in [2.05, 4.69) is 57.9 Å². The Hall–Kier alpha value is -1.16. The van der Waals surface area contributed by atoms with Crippen LogP contribution in [0.3, 0.4) is 0 Å². The minimum atomic E-state index is 0.311. The van der Waals surface area contributed by atoms with Crippen molar-refractivity contribution in [1.29, 1.82) is 0 Å². The van der Waals surface area contributed by atoms with Crippen LogP contribution in [0.25, 0.3) is 0 Å². The molecule has 4 aliphatic rings. The molecule has 1 aromatic rings. The van der Waals surface area contributed by atoms with Crippen molar-refractivity contribution in [2.45, 2.75) is 96.3 Å². The van der Waals surface area contributed by atoms with Gasteiger partial charge in [0.1, 0.15) is 0 Å². The maximum atomic E-state index is 6.03. The van der Waals surface area contributed by atoms with Crippen molar-refractivity contribution >= 4 is 0 Å². The number of allylic oxidation sites excluding steroid dienone is 1. The van der Waals surface area contributed by atoms with E-state index in [1.165, 1.54) is 32.1 Å². The zero-order chi connectivity index (χ0) is 23.5. The molecule has 1 saturated heterocycles. The van der Waals surface area contributed by atoms with Crippen molar-refractivity contribution in [2.75, 3.05) is 27.8 Å². The highest BCUT2D eigenvalue weighted by molar-refractivity contribution is 5.50. The van der Waals surface area contributed by atoms with Gasteiger partial charge < -0.3 is 9.47 Å². The Bertz CT molecular complexity index is 922. The molecule has 8 atom stereocenters. The van der Waals surface area contributed by atoms with Crippen LogP contribution >= 0.6 is 0 Å². The molecule has 182 valence electrons. The molecule has 0 radical (unpaired) electrons. The van der Waals surface area contributed by atoms with Crippen LogP contribution in [0.15, 0.2) is 23.8 Å². The standard InChI is InChI=1S/C30H45NO2/c1-18-14-28(33-7)29(31(5)17-18)20(3)23-10-11-24-25-9-8-21-15-22(32-6)12-13-30(21,4)27(25)16-26(24)19(23)2/h8,10-11,18,20,22,25,27-29H,9,12-17H2,1-7H3/t18-,20-,22-,25-,27-,28+,29-,30-/m0/s1. The minimum Gasteiger partial charge on any atom is -0.381 e. The summed E-state index contributed by atoms with van der Waals surface area (Å²) in [6.45, 7) is 10.9. The molecule has 0 spiro atoms. The molecular weight excluding hydrogens is 406 g/mol. The lowest BCUT2D eigenvalue weighted by molar-refractivity contribution is -0.0347. The fourth-order valence-electron chi connectivity index (χ4n) is 8.49. The van der Waals surface area contributed by atoms with Gasteiger partial charge in [0.25, 0.3) is 0 Å². The van der Waals surface area contributed by atoms with Crippen LogP contribution in [0.4, 0.5) is 0 Å². The second kappa shape index (κ2) is 8.81. The average Bonchev–Trinajstić information content (AvgIpc) is 3.19. The molecule has 0 unspecified atom stereocenters. The predicted octanol–water partition coefficient (Wildman–Crippen LogP) is 6.24. The van der Waals surface area contributed by atoms with Crippen molar-refractivity contribution < 1.29 is 9.47 Å². The molecular formula is C30H45NO2. The van der Waals surface area contributed by atoms with Gasteiger partial charge in [0.15, 0.2) is 0 Å². The van der Waals surface area contributed by atoms with E-state index in [-0.39, 0.29) is 0 Å². The Balaban J connectivity index is 1.44. The van der Waals surface area contributed by atoms with Crippen LogP contribution in [0.5, 0.6) is 0 Å². The molecule has 1 aromatic carbocycles. The molecule has 1 aliphatic heterocycles. The molecule has 0 N–H and O–H groups in total. The summed E-state index contributed by atoms with van der Waals surface area (Å²) in [5.74, 6) is 2.62. The zero-order valence-electron chi connectivity index (χ0n) is 22.0. The van der Waals surface area contributed by atoms with Crippen molar-refractivity contribution in [3.63, 3.8) is 0 Å². The zero-order valence-corrected chi connectivity index (χ0v) is 22.0. The Labute approximate surface area is 201 Å². The van der Waals surface area contributed by atoms with Crippen molar-refractivity contribution in [2.24, 2.45) is 17.3 Å². The Kier molecular flexibility index (Phi) is 6.29. The van der Waals surface area contributed by atoms with E-state index in [4.69, 9.17) is 9.47 Å². The molecule has 3 aliphatic carbocycles. The number of methoxy groups -OCH3 is 2. The number of likely N-dealkylation sites (tertiary alicyclic amines) is 1.